The lowest BCUT2D eigenvalue weighted by atomic mass is 9.97. The minimum Gasteiger partial charge on any atom is -0.456 e. The van der Waals surface area contributed by atoms with E-state index in [2.05, 4.69) is 199 Å². The Kier molecular flexibility index (Phi) is 7.53. The fraction of sp³-hybridized carbons (Fsp3) is 0. The van der Waals surface area contributed by atoms with Gasteiger partial charge in [0.05, 0.1) is 5.69 Å². The van der Waals surface area contributed by atoms with Gasteiger partial charge in [0.2, 0.25) is 0 Å². The monoisotopic (exact) mass is 713 g/mol. The summed E-state index contributed by atoms with van der Waals surface area (Å²) in [6.07, 6.45) is 0. The average Bonchev–Trinajstić information content (AvgIpc) is 3.71. The van der Waals surface area contributed by atoms with Crippen molar-refractivity contribution < 1.29 is 4.42 Å². The second kappa shape index (κ2) is 13.2. The van der Waals surface area contributed by atoms with Gasteiger partial charge in [-0.25, -0.2) is 0 Å². The van der Waals surface area contributed by atoms with E-state index in [4.69, 9.17) is 4.42 Å². The number of furan rings is 1. The zero-order chi connectivity index (χ0) is 37.0. The van der Waals surface area contributed by atoms with Crippen LogP contribution in [0.3, 0.4) is 0 Å². The molecule has 0 unspecified atom stereocenters. The maximum Gasteiger partial charge on any atom is 0.135 e. The highest BCUT2D eigenvalue weighted by Crippen LogP contribution is 2.43. The molecule has 2 nitrogen and oxygen atoms in total. The Morgan fingerprint density at radius 1 is 0.286 bits per heavy atom. The van der Waals surface area contributed by atoms with Gasteiger partial charge in [-0.05, 0) is 121 Å². The lowest BCUT2D eigenvalue weighted by molar-refractivity contribution is 0.631. The van der Waals surface area contributed by atoms with Crippen molar-refractivity contribution in [3.05, 3.63) is 212 Å². The van der Waals surface area contributed by atoms with Gasteiger partial charge in [0.1, 0.15) is 11.3 Å². The molecule has 2 heteroatoms. The number of hydrogen-bond acceptors (Lipinski definition) is 2. The zero-order valence-electron chi connectivity index (χ0n) is 30.6. The normalized spacial score (nSPS) is 11.6. The minimum atomic E-state index is 0.880. The van der Waals surface area contributed by atoms with E-state index in [1.54, 1.807) is 0 Å². The van der Waals surface area contributed by atoms with Crippen LogP contribution in [0.25, 0.3) is 87.6 Å². The van der Waals surface area contributed by atoms with E-state index in [9.17, 15) is 0 Å². The number of para-hydroxylation sites is 1. The summed E-state index contributed by atoms with van der Waals surface area (Å²) in [5.41, 5.74) is 10.1. The van der Waals surface area contributed by atoms with E-state index < -0.39 is 0 Å². The third kappa shape index (κ3) is 5.59. The van der Waals surface area contributed by atoms with Crippen LogP contribution >= 0.6 is 0 Å². The lowest BCUT2D eigenvalue weighted by Gasteiger charge is -2.28. The van der Waals surface area contributed by atoms with Crippen molar-refractivity contribution in [3.63, 3.8) is 0 Å². The van der Waals surface area contributed by atoms with E-state index in [1.165, 1.54) is 59.8 Å². The van der Waals surface area contributed by atoms with Crippen LogP contribution < -0.4 is 4.90 Å². The second-order valence-electron chi connectivity index (χ2n) is 14.6. The fourth-order valence-corrected chi connectivity index (χ4v) is 8.35. The quantitative estimate of drug-likeness (QED) is 0.160. The van der Waals surface area contributed by atoms with Gasteiger partial charge in [0.25, 0.3) is 0 Å². The molecule has 0 saturated heterocycles. The highest BCUT2D eigenvalue weighted by molar-refractivity contribution is 6.14. The lowest BCUT2D eigenvalue weighted by Crippen LogP contribution is -2.10. The number of nitrogens with zero attached hydrogens (tertiary/aromatic N) is 1. The molecule has 1 heterocycles. The predicted octanol–water partition coefficient (Wildman–Crippen LogP) is 15.5. The standard InChI is InChI=1S/C54H35NO/c1-2-11-38-30-40(21-20-36(38)10-1)37-24-27-47(28-25-37)55(52-34-44-12-3-5-16-49(44)50-17-6-7-18-51(50)52)48-29-26-42-31-41(22-23-43(42)33-48)39-14-9-15-45(32-39)54-35-46-13-4-8-19-53(46)56-54/h1-35H. The van der Waals surface area contributed by atoms with Crippen LogP contribution in [0, 0.1) is 0 Å². The third-order valence-corrected chi connectivity index (χ3v) is 11.2. The summed E-state index contributed by atoms with van der Waals surface area (Å²) >= 11 is 0. The molecule has 11 aromatic rings. The maximum atomic E-state index is 6.21. The number of benzene rings is 10. The van der Waals surface area contributed by atoms with Crippen molar-refractivity contribution in [3.8, 4) is 33.6 Å². The predicted molar refractivity (Wildman–Crippen MR) is 237 cm³/mol. The first-order valence-electron chi connectivity index (χ1n) is 19.2. The summed E-state index contributed by atoms with van der Waals surface area (Å²) in [7, 11) is 0. The number of hydrogen-bond donors (Lipinski definition) is 0. The number of fused-ring (bicyclic) bond motifs is 6. The number of anilines is 3. The SMILES string of the molecule is c1cc(-c2ccc3cc(N(c4ccc(-c5ccc6ccccc6c5)cc4)c4cc5ccccc5c5ccccc45)ccc3c2)cc(-c2cc3ccccc3o2)c1. The van der Waals surface area contributed by atoms with E-state index in [1.807, 2.05) is 18.2 Å². The topological polar surface area (TPSA) is 16.4 Å². The molecular formula is C54H35NO. The molecule has 0 spiro atoms. The highest BCUT2D eigenvalue weighted by Gasteiger charge is 2.18. The van der Waals surface area contributed by atoms with Crippen LogP contribution in [0.15, 0.2) is 217 Å². The van der Waals surface area contributed by atoms with Gasteiger partial charge in [0, 0.05) is 27.7 Å². The molecule has 0 saturated carbocycles. The molecule has 0 N–H and O–H groups in total. The zero-order valence-corrected chi connectivity index (χ0v) is 30.6. The molecule has 0 amide bonds. The van der Waals surface area contributed by atoms with Gasteiger partial charge in [-0.2, -0.15) is 0 Å². The smallest absolute Gasteiger partial charge is 0.135 e. The maximum absolute atomic E-state index is 6.21. The van der Waals surface area contributed by atoms with Gasteiger partial charge in [-0.3, -0.25) is 0 Å². The fourth-order valence-electron chi connectivity index (χ4n) is 8.35. The Morgan fingerprint density at radius 2 is 0.839 bits per heavy atom. The van der Waals surface area contributed by atoms with Crippen LogP contribution in [-0.4, -0.2) is 0 Å². The third-order valence-electron chi connectivity index (χ3n) is 11.2. The van der Waals surface area contributed by atoms with Crippen molar-refractivity contribution in [2.24, 2.45) is 0 Å². The summed E-state index contributed by atoms with van der Waals surface area (Å²) < 4.78 is 6.21. The Balaban J connectivity index is 1.02. The van der Waals surface area contributed by atoms with E-state index in [-0.39, 0.29) is 0 Å². The van der Waals surface area contributed by atoms with E-state index >= 15 is 0 Å². The molecule has 0 aliphatic heterocycles. The van der Waals surface area contributed by atoms with Crippen LogP contribution in [0.1, 0.15) is 0 Å². The first-order chi connectivity index (χ1) is 27.7. The molecule has 56 heavy (non-hydrogen) atoms. The Labute approximate surface area is 325 Å². The van der Waals surface area contributed by atoms with Crippen molar-refractivity contribution in [2.75, 3.05) is 4.90 Å². The van der Waals surface area contributed by atoms with Crippen LogP contribution in [0.2, 0.25) is 0 Å². The minimum absolute atomic E-state index is 0.880. The Morgan fingerprint density at radius 3 is 1.66 bits per heavy atom. The van der Waals surface area contributed by atoms with Crippen LogP contribution in [0.5, 0.6) is 0 Å². The molecule has 0 aliphatic carbocycles. The first-order valence-corrected chi connectivity index (χ1v) is 19.2. The Bertz CT molecular complexity index is 3230. The second-order valence-corrected chi connectivity index (χ2v) is 14.6. The summed E-state index contributed by atoms with van der Waals surface area (Å²) in [4.78, 5) is 2.42. The van der Waals surface area contributed by atoms with Gasteiger partial charge in [-0.15, -0.1) is 0 Å². The number of rotatable bonds is 6. The molecule has 10 aromatic carbocycles. The van der Waals surface area contributed by atoms with Gasteiger partial charge < -0.3 is 9.32 Å². The van der Waals surface area contributed by atoms with Gasteiger partial charge in [0.15, 0.2) is 0 Å². The molecule has 0 radical (unpaired) electrons. The van der Waals surface area contributed by atoms with Crippen molar-refractivity contribution in [1.29, 1.82) is 0 Å². The van der Waals surface area contributed by atoms with Crippen molar-refractivity contribution >= 4 is 71.1 Å². The van der Waals surface area contributed by atoms with Crippen LogP contribution in [0.4, 0.5) is 17.1 Å². The molecule has 1 aromatic heterocycles. The van der Waals surface area contributed by atoms with Crippen LogP contribution in [-0.2, 0) is 0 Å². The molecule has 0 atom stereocenters. The largest absolute Gasteiger partial charge is 0.456 e. The Hall–Kier alpha value is -7.42. The summed E-state index contributed by atoms with van der Waals surface area (Å²) in [6.45, 7) is 0. The molecular weight excluding hydrogens is 679 g/mol. The van der Waals surface area contributed by atoms with Gasteiger partial charge >= 0.3 is 0 Å². The summed E-state index contributed by atoms with van der Waals surface area (Å²) in [5.74, 6) is 0.880. The van der Waals surface area contributed by atoms with Gasteiger partial charge in [-0.1, -0.05) is 152 Å². The molecule has 0 aliphatic rings. The molecule has 0 bridgehead atoms. The van der Waals surface area contributed by atoms with E-state index in [0.717, 1.165) is 44.9 Å². The molecule has 11 rings (SSSR count). The average molecular weight is 714 g/mol. The summed E-state index contributed by atoms with van der Waals surface area (Å²) in [6, 6.07) is 76.7. The first kappa shape index (κ1) is 32.0. The van der Waals surface area contributed by atoms with Crippen molar-refractivity contribution in [2.45, 2.75) is 0 Å². The molecule has 0 fully saturated rings. The van der Waals surface area contributed by atoms with Crippen molar-refractivity contribution in [1.82, 2.24) is 0 Å². The van der Waals surface area contributed by atoms with E-state index in [0.29, 0.717) is 0 Å². The highest BCUT2D eigenvalue weighted by atomic mass is 16.3. The summed E-state index contributed by atoms with van der Waals surface area (Å²) in [5, 5.41) is 10.9. The molecule has 262 valence electrons.